The molecule has 9 heteroatoms. The van der Waals surface area contributed by atoms with E-state index < -0.39 is 24.5 Å². The molecule has 0 aliphatic carbocycles. The van der Waals surface area contributed by atoms with E-state index in [0.29, 0.717) is 19.3 Å². The Labute approximate surface area is 362 Å². The number of nitrogens with one attached hydrogen (secondary N) is 2. The summed E-state index contributed by atoms with van der Waals surface area (Å²) in [6.45, 7) is 3.50. The number of aliphatic hydroxyl groups is 1. The molecule has 0 bridgehead atoms. The molecule has 0 aliphatic heterocycles. The van der Waals surface area contributed by atoms with E-state index >= 15 is 0 Å². The highest BCUT2D eigenvalue weighted by atomic mass is 16.5. The van der Waals surface area contributed by atoms with Crippen molar-refractivity contribution in [1.29, 1.82) is 0 Å². The van der Waals surface area contributed by atoms with Crippen LogP contribution in [0.4, 0.5) is 0 Å². The van der Waals surface area contributed by atoms with Crippen LogP contribution < -0.4 is 10.6 Å². The molecule has 0 radical (unpaired) electrons. The summed E-state index contributed by atoms with van der Waals surface area (Å²) in [6, 6.07) is -1.38. The third kappa shape index (κ3) is 41.8. The van der Waals surface area contributed by atoms with E-state index in [2.05, 4.69) is 48.8 Å². The highest BCUT2D eigenvalue weighted by Gasteiger charge is 2.19. The Morgan fingerprint density at radius 3 is 1.29 bits per heavy atom. The van der Waals surface area contributed by atoms with E-state index in [1.165, 1.54) is 135 Å². The van der Waals surface area contributed by atoms with Gasteiger partial charge in [0, 0.05) is 12.8 Å². The fourth-order valence-electron chi connectivity index (χ4n) is 7.35. The lowest BCUT2D eigenvalue weighted by Gasteiger charge is -2.18. The predicted molar refractivity (Wildman–Crippen MR) is 245 cm³/mol. The van der Waals surface area contributed by atoms with Gasteiger partial charge in [0.25, 0.3) is 0 Å². The Kier molecular flexibility index (Phi) is 42.8. The zero-order valence-electron chi connectivity index (χ0n) is 38.3. The van der Waals surface area contributed by atoms with Gasteiger partial charge in [-0.3, -0.25) is 14.4 Å². The fourth-order valence-corrected chi connectivity index (χ4v) is 7.35. The van der Waals surface area contributed by atoms with Crippen LogP contribution in [-0.2, 0) is 23.9 Å². The normalized spacial score (nSPS) is 12.6. The molecule has 0 saturated heterocycles. The fraction of sp³-hybridized carbons (Fsp3) is 0.840. The van der Waals surface area contributed by atoms with E-state index in [1.54, 1.807) is 0 Å². The number of carbonyl (C=O) groups is 4. The standard InChI is InChI=1S/C50H92N2O7/c1-3-5-7-9-11-13-15-17-19-21-23-25-27-29-34-38-42-49(56)59-45(39-35-31-28-26-24-22-20-18-16-14-12-10-8-6-4-2)40-36-32-30-33-37-41-47(54)51-43-48(55)52-46(44-53)50(57)58/h19,21-22,24,45-46,53H,3-18,20,23,25-44H2,1-2H3,(H,51,54)(H,52,55)(H,57,58)/b21-19-,24-22-. The number of carboxylic acid groups (broad SMARTS) is 1. The van der Waals surface area contributed by atoms with E-state index in [-0.39, 0.29) is 24.5 Å². The van der Waals surface area contributed by atoms with Crippen molar-refractivity contribution >= 4 is 23.8 Å². The Morgan fingerprint density at radius 1 is 0.492 bits per heavy atom. The molecule has 0 heterocycles. The molecular weight excluding hydrogens is 741 g/mol. The smallest absolute Gasteiger partial charge is 0.328 e. The summed E-state index contributed by atoms with van der Waals surface area (Å²) in [4.78, 5) is 47.7. The van der Waals surface area contributed by atoms with Crippen LogP contribution in [0.1, 0.15) is 245 Å². The molecule has 2 unspecified atom stereocenters. The summed E-state index contributed by atoms with van der Waals surface area (Å²) in [7, 11) is 0. The molecule has 0 rings (SSSR count). The van der Waals surface area contributed by atoms with Crippen molar-refractivity contribution in [3.63, 3.8) is 0 Å². The Hall–Kier alpha value is -2.68. The number of carboxylic acids is 1. The molecule has 9 nitrogen and oxygen atoms in total. The summed E-state index contributed by atoms with van der Waals surface area (Å²) in [6.07, 6.45) is 50.6. The topological polar surface area (TPSA) is 142 Å². The number of aliphatic carboxylic acids is 1. The van der Waals surface area contributed by atoms with Gasteiger partial charge in [0.2, 0.25) is 11.8 Å². The second-order valence-electron chi connectivity index (χ2n) is 16.9. The molecule has 0 fully saturated rings. The van der Waals surface area contributed by atoms with Gasteiger partial charge in [0.15, 0.2) is 0 Å². The van der Waals surface area contributed by atoms with Crippen LogP contribution in [0.3, 0.4) is 0 Å². The summed E-state index contributed by atoms with van der Waals surface area (Å²) in [5, 5.41) is 22.6. The largest absolute Gasteiger partial charge is 0.480 e. The van der Waals surface area contributed by atoms with Gasteiger partial charge in [0.05, 0.1) is 13.2 Å². The maximum atomic E-state index is 12.9. The molecule has 2 atom stereocenters. The van der Waals surface area contributed by atoms with Crippen molar-refractivity contribution in [2.45, 2.75) is 257 Å². The average Bonchev–Trinajstić information content (AvgIpc) is 3.22. The molecule has 344 valence electrons. The first-order valence-corrected chi connectivity index (χ1v) is 24.7. The SMILES string of the molecule is CCCCCCCCC/C=C\CCCCCCCC(=O)OC(CCCCC/C=C\CCCCCCCCCC)CCCCCCCC(=O)NCC(=O)NC(CO)C(=O)O. The number of hydrogen-bond acceptors (Lipinski definition) is 6. The minimum Gasteiger partial charge on any atom is -0.480 e. The monoisotopic (exact) mass is 833 g/mol. The van der Waals surface area contributed by atoms with E-state index in [4.69, 9.17) is 14.9 Å². The van der Waals surface area contributed by atoms with Gasteiger partial charge < -0.3 is 25.6 Å². The van der Waals surface area contributed by atoms with Gasteiger partial charge in [-0.05, 0) is 89.9 Å². The Bertz CT molecular complexity index is 1050. The zero-order valence-corrected chi connectivity index (χ0v) is 38.3. The van der Waals surface area contributed by atoms with Crippen molar-refractivity contribution in [2.24, 2.45) is 0 Å². The number of esters is 1. The average molecular weight is 833 g/mol. The van der Waals surface area contributed by atoms with Crippen molar-refractivity contribution in [3.8, 4) is 0 Å². The first kappa shape index (κ1) is 56.3. The van der Waals surface area contributed by atoms with Gasteiger partial charge in [-0.25, -0.2) is 4.79 Å². The van der Waals surface area contributed by atoms with Crippen molar-refractivity contribution in [3.05, 3.63) is 24.3 Å². The van der Waals surface area contributed by atoms with E-state index in [9.17, 15) is 19.2 Å². The first-order valence-electron chi connectivity index (χ1n) is 24.7. The molecule has 2 amide bonds. The van der Waals surface area contributed by atoms with Gasteiger partial charge in [-0.15, -0.1) is 0 Å². The van der Waals surface area contributed by atoms with Crippen molar-refractivity contribution < 1.29 is 34.1 Å². The summed E-state index contributed by atoms with van der Waals surface area (Å²) in [5.41, 5.74) is 0. The van der Waals surface area contributed by atoms with Crippen LogP contribution in [0.25, 0.3) is 0 Å². The van der Waals surface area contributed by atoms with Crippen molar-refractivity contribution in [2.75, 3.05) is 13.2 Å². The van der Waals surface area contributed by atoms with Gasteiger partial charge in [-0.1, -0.05) is 167 Å². The van der Waals surface area contributed by atoms with Gasteiger partial charge in [-0.2, -0.15) is 0 Å². The van der Waals surface area contributed by atoms with Crippen LogP contribution in [0.15, 0.2) is 24.3 Å². The van der Waals surface area contributed by atoms with Crippen LogP contribution in [-0.4, -0.2) is 59.3 Å². The maximum absolute atomic E-state index is 12.9. The predicted octanol–water partition coefficient (Wildman–Crippen LogP) is 12.8. The summed E-state index contributed by atoms with van der Waals surface area (Å²) >= 11 is 0. The number of aliphatic hydroxyl groups excluding tert-OH is 1. The second kappa shape index (κ2) is 44.9. The zero-order chi connectivity index (χ0) is 43.3. The molecule has 0 aliphatic rings. The molecule has 0 spiro atoms. The lowest BCUT2D eigenvalue weighted by molar-refractivity contribution is -0.150. The van der Waals surface area contributed by atoms with Crippen molar-refractivity contribution in [1.82, 2.24) is 10.6 Å². The maximum Gasteiger partial charge on any atom is 0.328 e. The lowest BCUT2D eigenvalue weighted by atomic mass is 10.0. The van der Waals surface area contributed by atoms with Gasteiger partial charge >= 0.3 is 11.9 Å². The number of rotatable bonds is 45. The number of hydrogen-bond donors (Lipinski definition) is 4. The Balaban J connectivity index is 4.35. The molecule has 59 heavy (non-hydrogen) atoms. The molecule has 0 aromatic rings. The van der Waals surface area contributed by atoms with Crippen LogP contribution in [0.5, 0.6) is 0 Å². The van der Waals surface area contributed by atoms with Crippen LogP contribution in [0, 0.1) is 0 Å². The first-order chi connectivity index (χ1) is 28.8. The third-order valence-electron chi connectivity index (χ3n) is 11.2. The van der Waals surface area contributed by atoms with E-state index in [0.717, 1.165) is 77.0 Å². The highest BCUT2D eigenvalue weighted by molar-refractivity contribution is 5.87. The molecule has 0 aromatic carbocycles. The Morgan fingerprint density at radius 2 is 0.864 bits per heavy atom. The number of allylic oxidation sites excluding steroid dienone is 4. The third-order valence-corrected chi connectivity index (χ3v) is 11.2. The minimum atomic E-state index is -1.38. The highest BCUT2D eigenvalue weighted by Crippen LogP contribution is 2.19. The summed E-state index contributed by atoms with van der Waals surface area (Å²) < 4.78 is 6.05. The number of unbranched alkanes of at least 4 members (excludes halogenated alkanes) is 27. The van der Waals surface area contributed by atoms with E-state index in [1.807, 2.05) is 0 Å². The van der Waals surface area contributed by atoms with Crippen LogP contribution in [0.2, 0.25) is 0 Å². The molecule has 4 N–H and O–H groups in total. The molecule has 0 saturated carbocycles. The second-order valence-corrected chi connectivity index (χ2v) is 16.9. The number of ether oxygens (including phenoxy) is 1. The molecule has 0 aromatic heterocycles. The summed E-state index contributed by atoms with van der Waals surface area (Å²) in [5.74, 6) is -2.30. The quantitative estimate of drug-likeness (QED) is 0.0272. The molecular formula is C50H92N2O7. The van der Waals surface area contributed by atoms with Gasteiger partial charge in [0.1, 0.15) is 12.1 Å². The number of carbonyl (C=O) groups excluding carboxylic acids is 3. The lowest BCUT2D eigenvalue weighted by Crippen LogP contribution is -2.47. The van der Waals surface area contributed by atoms with Crippen LogP contribution >= 0.6 is 0 Å². The minimum absolute atomic E-state index is 0.0312. The number of amides is 2.